The Morgan fingerprint density at radius 3 is 2.48 bits per heavy atom. The molecule has 6 nitrogen and oxygen atoms in total. The smallest absolute Gasteiger partial charge is 0.220 e. The highest BCUT2D eigenvalue weighted by Gasteiger charge is 2.27. The van der Waals surface area contributed by atoms with Gasteiger partial charge in [-0.05, 0) is 43.4 Å². The summed E-state index contributed by atoms with van der Waals surface area (Å²) in [6.07, 6.45) is 2.56. The minimum absolute atomic E-state index is 0.0895. The molecule has 21 heavy (non-hydrogen) atoms. The average Bonchev–Trinajstić information content (AvgIpc) is 2.38. The van der Waals surface area contributed by atoms with E-state index in [1.807, 2.05) is 0 Å². The average molecular weight is 311 g/mol. The molecule has 7 heteroatoms. The number of amides is 1. The molecule has 0 spiro atoms. The zero-order chi connectivity index (χ0) is 15.5. The van der Waals surface area contributed by atoms with Gasteiger partial charge in [-0.2, -0.15) is 0 Å². The van der Waals surface area contributed by atoms with Crippen LogP contribution in [0.5, 0.6) is 0 Å². The highest BCUT2D eigenvalue weighted by molar-refractivity contribution is 7.88. The number of anilines is 1. The second kappa shape index (κ2) is 6.44. The van der Waals surface area contributed by atoms with Crippen LogP contribution < -0.4 is 16.2 Å². The lowest BCUT2D eigenvalue weighted by Gasteiger charge is -2.27. The van der Waals surface area contributed by atoms with Gasteiger partial charge in [0.25, 0.3) is 0 Å². The number of rotatable bonds is 5. The summed E-state index contributed by atoms with van der Waals surface area (Å²) in [7, 11) is -3.41. The number of benzene rings is 1. The van der Waals surface area contributed by atoms with Crippen molar-refractivity contribution in [1.29, 1.82) is 0 Å². The third-order valence-electron chi connectivity index (χ3n) is 3.78. The lowest BCUT2D eigenvalue weighted by atomic mass is 9.86. The predicted molar refractivity (Wildman–Crippen MR) is 81.6 cm³/mol. The number of hydrogen-bond donors (Lipinski definition) is 3. The zero-order valence-electron chi connectivity index (χ0n) is 11.8. The van der Waals surface area contributed by atoms with Crippen molar-refractivity contribution in [1.82, 2.24) is 4.72 Å². The summed E-state index contributed by atoms with van der Waals surface area (Å²) in [4.78, 5) is 11.1. The molecular formula is C14H21N3O3S. The van der Waals surface area contributed by atoms with Crippen LogP contribution in [0, 0.1) is 5.92 Å². The molecule has 0 aliphatic heterocycles. The first-order valence-corrected chi connectivity index (χ1v) is 8.65. The van der Waals surface area contributed by atoms with E-state index in [9.17, 15) is 13.2 Å². The Labute approximate surface area is 124 Å². The van der Waals surface area contributed by atoms with Crippen LogP contribution in [0.1, 0.15) is 31.2 Å². The van der Waals surface area contributed by atoms with Gasteiger partial charge in [0.1, 0.15) is 0 Å². The van der Waals surface area contributed by atoms with Gasteiger partial charge in [0, 0.05) is 17.6 Å². The Morgan fingerprint density at radius 2 is 1.90 bits per heavy atom. The molecule has 1 aliphatic rings. The molecule has 0 bridgehead atoms. The quantitative estimate of drug-likeness (QED) is 0.695. The van der Waals surface area contributed by atoms with Crippen molar-refractivity contribution in [3.8, 4) is 0 Å². The minimum atomic E-state index is -3.41. The molecule has 1 aromatic carbocycles. The zero-order valence-corrected chi connectivity index (χ0v) is 12.6. The number of carbonyl (C=O) groups is 1. The SMILES string of the molecule is NC(=O)C1CCC(NS(=O)(=O)Cc2cccc(N)c2)CC1. The van der Waals surface area contributed by atoms with E-state index in [-0.39, 0.29) is 23.6 Å². The molecule has 1 aromatic rings. The van der Waals surface area contributed by atoms with Crippen molar-refractivity contribution in [3.63, 3.8) is 0 Å². The van der Waals surface area contributed by atoms with Crippen LogP contribution in [0.4, 0.5) is 5.69 Å². The Balaban J connectivity index is 1.91. The van der Waals surface area contributed by atoms with Crippen LogP contribution in [0.25, 0.3) is 0 Å². The van der Waals surface area contributed by atoms with Gasteiger partial charge < -0.3 is 11.5 Å². The minimum Gasteiger partial charge on any atom is -0.399 e. The third kappa shape index (κ3) is 4.71. The van der Waals surface area contributed by atoms with Crippen molar-refractivity contribution in [2.75, 3.05) is 5.73 Å². The molecule has 1 amide bonds. The monoisotopic (exact) mass is 311 g/mol. The lowest BCUT2D eigenvalue weighted by molar-refractivity contribution is -0.122. The van der Waals surface area contributed by atoms with Crippen molar-refractivity contribution < 1.29 is 13.2 Å². The fourth-order valence-electron chi connectivity index (χ4n) is 2.69. The van der Waals surface area contributed by atoms with Crippen molar-refractivity contribution in [2.45, 2.75) is 37.5 Å². The molecule has 0 radical (unpaired) electrons. The van der Waals surface area contributed by atoms with Gasteiger partial charge in [0.2, 0.25) is 15.9 Å². The van der Waals surface area contributed by atoms with Gasteiger partial charge in [0.15, 0.2) is 0 Å². The summed E-state index contributed by atoms with van der Waals surface area (Å²) in [5.74, 6) is -0.510. The molecule has 0 saturated heterocycles. The maximum absolute atomic E-state index is 12.2. The van der Waals surface area contributed by atoms with Gasteiger partial charge in [-0.3, -0.25) is 4.79 Å². The number of sulfonamides is 1. The van der Waals surface area contributed by atoms with Gasteiger partial charge >= 0.3 is 0 Å². The Morgan fingerprint density at radius 1 is 1.24 bits per heavy atom. The summed E-state index contributed by atoms with van der Waals surface area (Å²) in [5.41, 5.74) is 12.1. The highest BCUT2D eigenvalue weighted by Crippen LogP contribution is 2.24. The normalized spacial score (nSPS) is 22.9. The first-order chi connectivity index (χ1) is 9.85. The first kappa shape index (κ1) is 15.8. The molecule has 0 unspecified atom stereocenters. The molecule has 1 aliphatic carbocycles. The molecular weight excluding hydrogens is 290 g/mol. The summed E-state index contributed by atoms with van der Waals surface area (Å²) >= 11 is 0. The first-order valence-electron chi connectivity index (χ1n) is 6.99. The van der Waals surface area contributed by atoms with Gasteiger partial charge in [-0.1, -0.05) is 12.1 Å². The van der Waals surface area contributed by atoms with Crippen LogP contribution in [0.3, 0.4) is 0 Å². The second-order valence-electron chi connectivity index (χ2n) is 5.57. The van der Waals surface area contributed by atoms with Crippen LogP contribution in [0.15, 0.2) is 24.3 Å². The van der Waals surface area contributed by atoms with E-state index >= 15 is 0 Å². The van der Waals surface area contributed by atoms with Gasteiger partial charge in [0.05, 0.1) is 5.75 Å². The van der Waals surface area contributed by atoms with Crippen LogP contribution in [-0.2, 0) is 20.6 Å². The number of nitrogen functional groups attached to an aromatic ring is 1. The molecule has 2 rings (SSSR count). The van der Waals surface area contributed by atoms with Crippen molar-refractivity contribution >= 4 is 21.6 Å². The molecule has 1 fully saturated rings. The summed E-state index contributed by atoms with van der Waals surface area (Å²) in [6.45, 7) is 0. The number of carbonyl (C=O) groups excluding carboxylic acids is 1. The topological polar surface area (TPSA) is 115 Å². The third-order valence-corrected chi connectivity index (χ3v) is 5.19. The number of hydrogen-bond acceptors (Lipinski definition) is 4. The largest absolute Gasteiger partial charge is 0.399 e. The summed E-state index contributed by atoms with van der Waals surface area (Å²) in [5, 5.41) is 0. The molecule has 0 heterocycles. The van der Waals surface area contributed by atoms with E-state index in [0.29, 0.717) is 36.9 Å². The number of nitrogens with one attached hydrogen (secondary N) is 1. The predicted octanol–water partition coefficient (Wildman–Crippen LogP) is 0.732. The Hall–Kier alpha value is -1.60. The van der Waals surface area contributed by atoms with E-state index in [2.05, 4.69) is 4.72 Å². The number of nitrogens with two attached hydrogens (primary N) is 2. The van der Waals surface area contributed by atoms with Gasteiger partial charge in [-0.25, -0.2) is 13.1 Å². The number of primary amides is 1. The molecule has 0 atom stereocenters. The standard InChI is InChI=1S/C14H21N3O3S/c15-12-3-1-2-10(8-12)9-21(19,20)17-13-6-4-11(5-7-13)14(16)18/h1-3,8,11,13,17H,4-7,9,15H2,(H2,16,18). The Bertz CT molecular complexity index is 608. The highest BCUT2D eigenvalue weighted by atomic mass is 32.2. The molecule has 0 aromatic heterocycles. The molecule has 5 N–H and O–H groups in total. The summed E-state index contributed by atoms with van der Waals surface area (Å²) in [6, 6.07) is 6.72. The van der Waals surface area contributed by atoms with E-state index < -0.39 is 10.0 Å². The fourth-order valence-corrected chi connectivity index (χ4v) is 4.14. The van der Waals surface area contributed by atoms with Crippen LogP contribution >= 0.6 is 0 Å². The fraction of sp³-hybridized carbons (Fsp3) is 0.500. The lowest BCUT2D eigenvalue weighted by Crippen LogP contribution is -2.40. The van der Waals surface area contributed by atoms with Gasteiger partial charge in [-0.15, -0.1) is 0 Å². The van der Waals surface area contributed by atoms with Crippen LogP contribution in [-0.4, -0.2) is 20.4 Å². The summed E-state index contributed by atoms with van der Waals surface area (Å²) < 4.78 is 27.0. The molecule has 1 saturated carbocycles. The van der Waals surface area contributed by atoms with Crippen molar-refractivity contribution in [3.05, 3.63) is 29.8 Å². The van der Waals surface area contributed by atoms with E-state index in [1.54, 1.807) is 24.3 Å². The maximum atomic E-state index is 12.2. The van der Waals surface area contributed by atoms with Crippen molar-refractivity contribution in [2.24, 2.45) is 11.7 Å². The van der Waals surface area contributed by atoms with E-state index in [4.69, 9.17) is 11.5 Å². The van der Waals surface area contributed by atoms with Crippen LogP contribution in [0.2, 0.25) is 0 Å². The maximum Gasteiger partial charge on any atom is 0.220 e. The van der Waals surface area contributed by atoms with E-state index in [1.165, 1.54) is 0 Å². The van der Waals surface area contributed by atoms with E-state index in [0.717, 1.165) is 0 Å². The molecule has 116 valence electrons. The Kier molecular flexibility index (Phi) is 4.84. The second-order valence-corrected chi connectivity index (χ2v) is 7.33.